The molecule has 0 atom stereocenters. The molecule has 0 spiro atoms. The van der Waals surface area contributed by atoms with E-state index in [0.29, 0.717) is 31.0 Å². The number of pyridine rings is 1. The fraction of sp³-hybridized carbons (Fsp3) is 0.543. The van der Waals surface area contributed by atoms with Crippen LogP contribution in [0.15, 0.2) is 71.8 Å². The summed E-state index contributed by atoms with van der Waals surface area (Å²) in [5.41, 5.74) is 2.23. The van der Waals surface area contributed by atoms with Crippen LogP contribution in [0.25, 0.3) is 0 Å². The van der Waals surface area contributed by atoms with Crippen LogP contribution in [-0.2, 0) is 46.2 Å². The monoisotopic (exact) mass is 884 g/mol. The molecule has 3 rings (SSSR count). The van der Waals surface area contributed by atoms with Crippen LogP contribution in [0.4, 0.5) is 5.82 Å². The van der Waals surface area contributed by atoms with Crippen molar-refractivity contribution in [2.45, 2.75) is 85.0 Å². The molecule has 1 heterocycles. The Hall–Kier alpha value is -4.74. The number of aliphatic carboxylic acids is 2. The van der Waals surface area contributed by atoms with Gasteiger partial charge in [-0.25, -0.2) is 9.78 Å². The maximum Gasteiger partial charge on any atom is 0.329 e. The summed E-state index contributed by atoms with van der Waals surface area (Å²) in [6.45, 7) is 14.0. The van der Waals surface area contributed by atoms with Gasteiger partial charge in [-0.3, -0.25) is 14.4 Å². The van der Waals surface area contributed by atoms with Crippen molar-refractivity contribution in [3.8, 4) is 5.75 Å². The lowest BCUT2D eigenvalue weighted by atomic mass is 9.72. The van der Waals surface area contributed by atoms with Crippen LogP contribution in [0.3, 0.4) is 0 Å². The van der Waals surface area contributed by atoms with Crippen molar-refractivity contribution in [2.75, 3.05) is 77.3 Å². The number of carboxylic acids is 2. The van der Waals surface area contributed by atoms with Crippen LogP contribution >= 0.6 is 11.9 Å². The molecule has 0 fully saturated rings. The summed E-state index contributed by atoms with van der Waals surface area (Å²) < 4.78 is 30.0. The zero-order valence-corrected chi connectivity index (χ0v) is 38.1. The second kappa shape index (κ2) is 30.3. The summed E-state index contributed by atoms with van der Waals surface area (Å²) in [5.74, 6) is -0.953. The minimum absolute atomic E-state index is 0.00746. The summed E-state index contributed by atoms with van der Waals surface area (Å²) in [7, 11) is 0. The quantitative estimate of drug-likeness (QED) is 0.0314. The molecule has 3 aromatic rings. The summed E-state index contributed by atoms with van der Waals surface area (Å²) in [5, 5.41) is 23.4. The van der Waals surface area contributed by atoms with Crippen molar-refractivity contribution in [1.82, 2.24) is 15.6 Å². The van der Waals surface area contributed by atoms with Gasteiger partial charge in [-0.15, -0.1) is 0 Å². The van der Waals surface area contributed by atoms with Gasteiger partial charge in [0.2, 0.25) is 5.91 Å². The molecule has 2 amide bonds. The number of carboxylic acid groups (broad SMARTS) is 2. The molecule has 62 heavy (non-hydrogen) atoms. The lowest BCUT2D eigenvalue weighted by molar-refractivity contribution is -0.148. The minimum atomic E-state index is -1.04. The number of rotatable bonds is 32. The van der Waals surface area contributed by atoms with Gasteiger partial charge in [-0.05, 0) is 104 Å². The van der Waals surface area contributed by atoms with E-state index in [9.17, 15) is 24.3 Å². The second-order valence-electron chi connectivity index (χ2n) is 15.6. The van der Waals surface area contributed by atoms with Gasteiger partial charge in [0.15, 0.2) is 0 Å². The van der Waals surface area contributed by atoms with Gasteiger partial charge in [0.1, 0.15) is 24.8 Å². The van der Waals surface area contributed by atoms with Gasteiger partial charge in [-0.2, -0.15) is 0 Å². The largest absolute Gasteiger partial charge is 0.493 e. The molecule has 344 valence electrons. The molecule has 0 aliphatic heterocycles. The number of anilines is 1. The molecule has 1 aromatic heterocycles. The summed E-state index contributed by atoms with van der Waals surface area (Å²) >= 11 is 1.40. The predicted octanol–water partition coefficient (Wildman–Crippen LogP) is 7.09. The Bertz CT molecular complexity index is 1720. The highest BCUT2D eigenvalue weighted by Gasteiger charge is 2.34. The van der Waals surface area contributed by atoms with Gasteiger partial charge in [0.05, 0.1) is 57.2 Å². The molecule has 0 saturated heterocycles. The standard InChI is InChI=1S/C44H62N4O11S.C2H6/c1-43(2,32-44(3,4)42(53)54)19-6-5-7-33-8-10-34(11-9-33)18-22-59-36-13-15-37(16-14-36)60-48-38-17-12-35(29-47-38)41(52)46-21-24-56-25-27-57-30-39(49)45-20-23-55-26-28-58-31-40(50)51;1-2/h8-17,29H,5-7,18-28,30-32H2,1-4H3,(H,45,49)(H,46,52)(H,47,48)(H,50,51)(H,53,54);1-2H3. The second-order valence-corrected chi connectivity index (χ2v) is 16.5. The summed E-state index contributed by atoms with van der Waals surface area (Å²) in [6.07, 6.45) is 7.14. The average Bonchev–Trinajstić information content (AvgIpc) is 3.24. The number of amides is 2. The number of ether oxygens (including phenoxy) is 5. The van der Waals surface area contributed by atoms with Crippen molar-refractivity contribution in [3.63, 3.8) is 0 Å². The number of carbonyl (C=O) groups is 4. The highest BCUT2D eigenvalue weighted by atomic mass is 32.2. The number of unbranched alkanes of at least 4 members (excludes halogenated alkanes) is 1. The van der Waals surface area contributed by atoms with Crippen LogP contribution in [-0.4, -0.2) is 112 Å². The van der Waals surface area contributed by atoms with E-state index in [1.807, 2.05) is 38.1 Å². The Labute approximate surface area is 371 Å². The van der Waals surface area contributed by atoms with Gasteiger partial charge in [-0.1, -0.05) is 58.4 Å². The van der Waals surface area contributed by atoms with Crippen molar-refractivity contribution in [1.29, 1.82) is 0 Å². The zero-order valence-electron chi connectivity index (χ0n) is 37.3. The van der Waals surface area contributed by atoms with Crippen molar-refractivity contribution < 1.29 is 53.1 Å². The fourth-order valence-corrected chi connectivity index (χ4v) is 6.79. The molecule has 0 saturated carbocycles. The first-order chi connectivity index (χ1) is 29.7. The first-order valence-electron chi connectivity index (χ1n) is 21.2. The Morgan fingerprint density at radius 1 is 0.677 bits per heavy atom. The molecule has 2 aromatic carbocycles. The maximum atomic E-state index is 12.5. The van der Waals surface area contributed by atoms with Crippen molar-refractivity contribution in [3.05, 3.63) is 83.6 Å². The van der Waals surface area contributed by atoms with E-state index >= 15 is 0 Å². The third-order valence-corrected chi connectivity index (χ3v) is 10.00. The molecular formula is C46H68N4O11S. The first-order valence-corrected chi connectivity index (χ1v) is 22.0. The molecule has 0 aliphatic carbocycles. The van der Waals surface area contributed by atoms with Crippen LogP contribution in [0, 0.1) is 10.8 Å². The van der Waals surface area contributed by atoms with Crippen molar-refractivity contribution >= 4 is 41.5 Å². The van der Waals surface area contributed by atoms with Crippen LogP contribution < -0.4 is 20.1 Å². The molecule has 5 N–H and O–H groups in total. The number of aryl methyl sites for hydroxylation is 1. The molecular weight excluding hydrogens is 817 g/mol. The number of carbonyl (C=O) groups excluding carboxylic acids is 2. The summed E-state index contributed by atoms with van der Waals surface area (Å²) in [6, 6.07) is 19.9. The SMILES string of the molecule is CC.CC(C)(CCCCc1ccc(CCOc2ccc(SNc3ccc(C(=O)NCCOCCOCC(=O)NCCOCCOCC(=O)O)cn3)cc2)cc1)CC(C)(C)C(=O)O. The summed E-state index contributed by atoms with van der Waals surface area (Å²) in [4.78, 5) is 51.4. The third kappa shape index (κ3) is 24.0. The van der Waals surface area contributed by atoms with E-state index in [2.05, 4.69) is 58.5 Å². The third-order valence-electron chi connectivity index (χ3n) is 9.18. The zero-order chi connectivity index (χ0) is 45.6. The number of aromatic nitrogens is 1. The van der Waals surface area contributed by atoms with E-state index in [4.69, 9.17) is 28.8 Å². The Balaban J connectivity index is 0.00000651. The number of hydrogen-bond acceptors (Lipinski definition) is 12. The number of benzene rings is 2. The number of nitrogens with zero attached hydrogens (tertiary/aromatic N) is 1. The first kappa shape index (κ1) is 53.4. The van der Waals surface area contributed by atoms with Gasteiger partial charge in [0.25, 0.3) is 5.91 Å². The van der Waals surface area contributed by atoms with Crippen LogP contribution in [0.1, 0.15) is 88.7 Å². The normalized spacial score (nSPS) is 11.3. The number of nitrogens with one attached hydrogen (secondary N) is 3. The lowest BCUT2D eigenvalue weighted by Crippen LogP contribution is -2.31. The topological polar surface area (TPSA) is 204 Å². The molecule has 0 aliphatic rings. The smallest absolute Gasteiger partial charge is 0.329 e. The Kier molecular flexibility index (Phi) is 26.1. The Morgan fingerprint density at radius 2 is 1.27 bits per heavy atom. The lowest BCUT2D eigenvalue weighted by Gasteiger charge is -2.32. The predicted molar refractivity (Wildman–Crippen MR) is 241 cm³/mol. The number of hydrogen-bond donors (Lipinski definition) is 5. The van der Waals surface area contributed by atoms with Gasteiger partial charge < -0.3 is 49.3 Å². The highest BCUT2D eigenvalue weighted by molar-refractivity contribution is 8.00. The average molecular weight is 885 g/mol. The van der Waals surface area contributed by atoms with E-state index < -0.39 is 17.4 Å². The molecule has 15 nitrogen and oxygen atoms in total. The van der Waals surface area contributed by atoms with Gasteiger partial charge >= 0.3 is 11.9 Å². The fourth-order valence-electron chi connectivity index (χ4n) is 6.17. The maximum absolute atomic E-state index is 12.5. The van der Waals surface area contributed by atoms with E-state index in [0.717, 1.165) is 42.7 Å². The molecule has 16 heteroatoms. The molecule has 0 bridgehead atoms. The van der Waals surface area contributed by atoms with E-state index in [1.54, 1.807) is 26.0 Å². The van der Waals surface area contributed by atoms with Crippen molar-refractivity contribution in [2.24, 2.45) is 10.8 Å². The molecule has 0 unspecified atom stereocenters. The Morgan fingerprint density at radius 3 is 1.87 bits per heavy atom. The van der Waals surface area contributed by atoms with Crippen LogP contribution in [0.5, 0.6) is 5.75 Å². The molecule has 0 radical (unpaired) electrons. The highest BCUT2D eigenvalue weighted by Crippen LogP contribution is 2.37. The van der Waals surface area contributed by atoms with Gasteiger partial charge in [0, 0.05) is 30.6 Å². The van der Waals surface area contributed by atoms with Crippen LogP contribution in [0.2, 0.25) is 0 Å². The minimum Gasteiger partial charge on any atom is -0.493 e. The van der Waals surface area contributed by atoms with E-state index in [-0.39, 0.29) is 76.6 Å². The van der Waals surface area contributed by atoms with E-state index in [1.165, 1.54) is 29.3 Å².